The van der Waals surface area contributed by atoms with Gasteiger partial charge in [0.05, 0.1) is 0 Å². The van der Waals surface area contributed by atoms with Gasteiger partial charge in [0, 0.05) is 17.8 Å². The van der Waals surface area contributed by atoms with Crippen molar-refractivity contribution < 1.29 is 0 Å². The summed E-state index contributed by atoms with van der Waals surface area (Å²) < 4.78 is 0.948. The molecule has 1 N–H and O–H groups in total. The Balaban J connectivity index is 1.99. The van der Waals surface area contributed by atoms with E-state index in [4.69, 9.17) is 11.6 Å². The molecule has 0 saturated heterocycles. The smallest absolute Gasteiger partial charge is 0.206 e. The van der Waals surface area contributed by atoms with Crippen molar-refractivity contribution in [3.05, 3.63) is 34.9 Å². The van der Waals surface area contributed by atoms with Crippen LogP contribution in [0.5, 0.6) is 0 Å². The zero-order chi connectivity index (χ0) is 11.4. The van der Waals surface area contributed by atoms with Crippen LogP contribution in [0.3, 0.4) is 0 Å². The van der Waals surface area contributed by atoms with E-state index in [0.717, 1.165) is 25.8 Å². The molecule has 2 rings (SSSR count). The normalized spacial score (nSPS) is 10.4. The van der Waals surface area contributed by atoms with Crippen LogP contribution in [0.2, 0.25) is 5.02 Å². The summed E-state index contributed by atoms with van der Waals surface area (Å²) in [4.78, 5) is 0. The number of thioether (sulfide) groups is 1. The fourth-order valence-corrected chi connectivity index (χ4v) is 3.12. The Morgan fingerprint density at radius 3 is 2.88 bits per heavy atom. The number of nitrogens with one attached hydrogen (secondary N) is 1. The Kier molecular flexibility index (Phi) is 4.04. The van der Waals surface area contributed by atoms with Gasteiger partial charge in [0.1, 0.15) is 0 Å². The average molecular weight is 272 g/mol. The van der Waals surface area contributed by atoms with Gasteiger partial charge >= 0.3 is 0 Å². The largest absolute Gasteiger partial charge is 0.363 e. The minimum absolute atomic E-state index is 0.799. The van der Waals surface area contributed by atoms with Gasteiger partial charge in [-0.25, -0.2) is 0 Å². The van der Waals surface area contributed by atoms with Crippen molar-refractivity contribution >= 4 is 39.8 Å². The van der Waals surface area contributed by atoms with Crippen LogP contribution in [0.25, 0.3) is 0 Å². The Hall–Kier alpha value is -0.780. The summed E-state index contributed by atoms with van der Waals surface area (Å²) in [7, 11) is 1.84. The van der Waals surface area contributed by atoms with Gasteiger partial charge in [-0.3, -0.25) is 0 Å². The van der Waals surface area contributed by atoms with Crippen LogP contribution in [0.1, 0.15) is 5.56 Å². The number of benzene rings is 1. The van der Waals surface area contributed by atoms with E-state index in [1.54, 1.807) is 23.1 Å². The summed E-state index contributed by atoms with van der Waals surface area (Å²) >= 11 is 9.25. The molecule has 0 bridgehead atoms. The fraction of sp³-hybridized carbons (Fsp3) is 0.200. The predicted molar refractivity (Wildman–Crippen MR) is 70.5 cm³/mol. The third-order valence-electron chi connectivity index (χ3n) is 1.93. The molecular weight excluding hydrogens is 262 g/mol. The van der Waals surface area contributed by atoms with Crippen molar-refractivity contribution in [3.63, 3.8) is 0 Å². The van der Waals surface area contributed by atoms with Crippen LogP contribution in [0, 0.1) is 0 Å². The van der Waals surface area contributed by atoms with Crippen LogP contribution in [0.15, 0.2) is 28.6 Å². The first-order chi connectivity index (χ1) is 7.79. The first kappa shape index (κ1) is 11.7. The Morgan fingerprint density at radius 2 is 2.19 bits per heavy atom. The van der Waals surface area contributed by atoms with E-state index in [2.05, 4.69) is 15.5 Å². The molecule has 0 aliphatic heterocycles. The molecule has 0 atom stereocenters. The second-order valence-electron chi connectivity index (χ2n) is 3.00. The van der Waals surface area contributed by atoms with Crippen molar-refractivity contribution in [3.8, 4) is 0 Å². The number of rotatable bonds is 4. The molecule has 0 fully saturated rings. The highest BCUT2D eigenvalue weighted by Gasteiger charge is 2.05. The third-order valence-corrected chi connectivity index (χ3v) is 4.42. The number of halogens is 1. The summed E-state index contributed by atoms with van der Waals surface area (Å²) in [5, 5.41) is 12.6. The van der Waals surface area contributed by atoms with Gasteiger partial charge < -0.3 is 5.32 Å². The molecule has 0 radical (unpaired) electrons. The van der Waals surface area contributed by atoms with Gasteiger partial charge in [0.2, 0.25) is 5.13 Å². The van der Waals surface area contributed by atoms with Crippen molar-refractivity contribution in [2.45, 2.75) is 10.1 Å². The summed E-state index contributed by atoms with van der Waals surface area (Å²) in [5.74, 6) is 0.817. The minimum Gasteiger partial charge on any atom is -0.363 e. The summed E-state index contributed by atoms with van der Waals surface area (Å²) in [6, 6.07) is 7.84. The lowest BCUT2D eigenvalue weighted by atomic mass is 10.2. The minimum atomic E-state index is 0.799. The van der Waals surface area contributed by atoms with Crippen LogP contribution in [0.4, 0.5) is 5.13 Å². The van der Waals surface area contributed by atoms with Gasteiger partial charge in [-0.1, -0.05) is 52.9 Å². The Labute approximate surface area is 107 Å². The van der Waals surface area contributed by atoms with Gasteiger partial charge in [0.15, 0.2) is 4.34 Å². The number of nitrogens with zero attached hydrogens (tertiary/aromatic N) is 2. The maximum atomic E-state index is 6.06. The molecular formula is C10H10ClN3S2. The third kappa shape index (κ3) is 2.87. The highest BCUT2D eigenvalue weighted by atomic mass is 35.5. The first-order valence-corrected chi connectivity index (χ1v) is 6.85. The molecule has 1 heterocycles. The molecule has 0 aliphatic rings. The van der Waals surface area contributed by atoms with Crippen molar-refractivity contribution in [1.82, 2.24) is 10.2 Å². The molecule has 0 amide bonds. The maximum absolute atomic E-state index is 6.06. The van der Waals surface area contributed by atoms with Crippen molar-refractivity contribution in [2.75, 3.05) is 12.4 Å². The molecule has 0 spiro atoms. The van der Waals surface area contributed by atoms with E-state index >= 15 is 0 Å². The molecule has 0 aliphatic carbocycles. The molecule has 1 aromatic heterocycles. The van der Waals surface area contributed by atoms with Gasteiger partial charge in [-0.15, -0.1) is 10.2 Å². The SMILES string of the molecule is CNc1nnc(SCc2ccccc2Cl)s1. The second-order valence-corrected chi connectivity index (χ2v) is 5.61. The van der Waals surface area contributed by atoms with E-state index in [0.29, 0.717) is 0 Å². The maximum Gasteiger partial charge on any atom is 0.206 e. The van der Waals surface area contributed by atoms with E-state index in [1.165, 1.54) is 0 Å². The number of aromatic nitrogens is 2. The molecule has 2 aromatic rings. The average Bonchev–Trinajstić information content (AvgIpc) is 2.76. The number of anilines is 1. The van der Waals surface area contributed by atoms with Crippen molar-refractivity contribution in [1.29, 1.82) is 0 Å². The topological polar surface area (TPSA) is 37.8 Å². The van der Waals surface area contributed by atoms with Crippen molar-refractivity contribution in [2.24, 2.45) is 0 Å². The fourth-order valence-electron chi connectivity index (χ4n) is 1.12. The quantitative estimate of drug-likeness (QED) is 0.864. The molecule has 6 heteroatoms. The number of hydrogen-bond acceptors (Lipinski definition) is 5. The molecule has 3 nitrogen and oxygen atoms in total. The Morgan fingerprint density at radius 1 is 1.38 bits per heavy atom. The monoisotopic (exact) mass is 271 g/mol. The lowest BCUT2D eigenvalue weighted by Gasteiger charge is -2.00. The van der Waals surface area contributed by atoms with Crippen LogP contribution < -0.4 is 5.32 Å². The summed E-state index contributed by atoms with van der Waals surface area (Å²) in [6.45, 7) is 0. The van der Waals surface area contributed by atoms with Gasteiger partial charge in [-0.2, -0.15) is 0 Å². The van der Waals surface area contributed by atoms with Crippen LogP contribution >= 0.6 is 34.7 Å². The summed E-state index contributed by atoms with van der Waals surface area (Å²) in [6.07, 6.45) is 0. The van der Waals surface area contributed by atoms with E-state index < -0.39 is 0 Å². The van der Waals surface area contributed by atoms with E-state index in [-0.39, 0.29) is 0 Å². The molecule has 16 heavy (non-hydrogen) atoms. The standard InChI is InChI=1S/C10H10ClN3S2/c1-12-9-13-14-10(16-9)15-6-7-4-2-3-5-8(7)11/h2-5H,6H2,1H3,(H,12,13). The van der Waals surface area contributed by atoms with E-state index in [1.807, 2.05) is 31.3 Å². The molecule has 1 aromatic carbocycles. The van der Waals surface area contributed by atoms with Crippen LogP contribution in [-0.4, -0.2) is 17.2 Å². The first-order valence-electron chi connectivity index (χ1n) is 4.67. The molecule has 0 saturated carbocycles. The lowest BCUT2D eigenvalue weighted by molar-refractivity contribution is 1.01. The highest BCUT2D eigenvalue weighted by molar-refractivity contribution is 8.00. The Bertz CT molecular complexity index is 473. The molecule has 84 valence electrons. The predicted octanol–water partition coefficient (Wildman–Crippen LogP) is 3.53. The zero-order valence-electron chi connectivity index (χ0n) is 8.61. The molecule has 0 unspecified atom stereocenters. The highest BCUT2D eigenvalue weighted by Crippen LogP contribution is 2.29. The van der Waals surface area contributed by atoms with Gasteiger partial charge in [0.25, 0.3) is 0 Å². The van der Waals surface area contributed by atoms with Gasteiger partial charge in [-0.05, 0) is 11.6 Å². The summed E-state index contributed by atoms with van der Waals surface area (Å²) in [5.41, 5.74) is 1.12. The number of hydrogen-bond donors (Lipinski definition) is 1. The second kappa shape index (κ2) is 5.52. The lowest BCUT2D eigenvalue weighted by Crippen LogP contribution is -1.84. The van der Waals surface area contributed by atoms with Crippen LogP contribution in [-0.2, 0) is 5.75 Å². The zero-order valence-corrected chi connectivity index (χ0v) is 11.0. The van der Waals surface area contributed by atoms with E-state index in [9.17, 15) is 0 Å².